The molecular formula is C18H28N2O2. The molecule has 1 aromatic rings. The topological polar surface area (TPSA) is 32.8 Å². The first kappa shape index (κ1) is 17.0. The normalized spacial score (nSPS) is 20.6. The molecule has 0 aromatic heterocycles. The van der Waals surface area contributed by atoms with Crippen LogP contribution in [0.2, 0.25) is 0 Å². The molecule has 1 saturated heterocycles. The molecule has 2 unspecified atom stereocenters. The Morgan fingerprint density at radius 1 is 1.36 bits per heavy atom. The second-order valence-corrected chi connectivity index (χ2v) is 5.81. The molecule has 1 heterocycles. The Morgan fingerprint density at radius 2 is 2.09 bits per heavy atom. The largest absolute Gasteiger partial charge is 0.377 e. The van der Waals surface area contributed by atoms with Crippen molar-refractivity contribution in [3.63, 3.8) is 0 Å². The summed E-state index contributed by atoms with van der Waals surface area (Å²) in [5.41, 5.74) is 0.972. The Bertz CT molecular complexity index is 461. The molecule has 0 radical (unpaired) electrons. The van der Waals surface area contributed by atoms with Gasteiger partial charge in [0.15, 0.2) is 0 Å². The minimum Gasteiger partial charge on any atom is -0.377 e. The standard InChI is InChI=1S/C18H28N2O2/c1-4-20(16-10-7-6-8-11-16)18(21)15(3)19-13-9-12-17(14-19)22-5-2/h6-8,10-11,15,17H,4-5,9,12-14H2,1-3H3. The summed E-state index contributed by atoms with van der Waals surface area (Å²) in [7, 11) is 0. The number of amides is 1. The molecule has 1 aliphatic heterocycles. The quantitative estimate of drug-likeness (QED) is 0.810. The molecule has 0 N–H and O–H groups in total. The maximum atomic E-state index is 12.9. The van der Waals surface area contributed by atoms with Crippen molar-refractivity contribution < 1.29 is 9.53 Å². The summed E-state index contributed by atoms with van der Waals surface area (Å²) < 4.78 is 5.75. The molecule has 1 aromatic carbocycles. The van der Waals surface area contributed by atoms with Crippen LogP contribution >= 0.6 is 0 Å². The van der Waals surface area contributed by atoms with Crippen LogP contribution in [0.1, 0.15) is 33.6 Å². The van der Waals surface area contributed by atoms with E-state index in [0.29, 0.717) is 6.54 Å². The van der Waals surface area contributed by atoms with E-state index in [0.717, 1.165) is 38.2 Å². The van der Waals surface area contributed by atoms with Gasteiger partial charge >= 0.3 is 0 Å². The number of rotatable bonds is 6. The van der Waals surface area contributed by atoms with Gasteiger partial charge in [0.1, 0.15) is 0 Å². The van der Waals surface area contributed by atoms with E-state index in [2.05, 4.69) is 4.90 Å². The second kappa shape index (κ2) is 8.30. The molecule has 0 aliphatic carbocycles. The van der Waals surface area contributed by atoms with Crippen LogP contribution in [0.3, 0.4) is 0 Å². The van der Waals surface area contributed by atoms with Crippen LogP contribution in [0.25, 0.3) is 0 Å². The Morgan fingerprint density at radius 3 is 2.73 bits per heavy atom. The van der Waals surface area contributed by atoms with Crippen molar-refractivity contribution in [1.82, 2.24) is 4.90 Å². The third-order valence-electron chi connectivity index (χ3n) is 4.37. The summed E-state index contributed by atoms with van der Waals surface area (Å²) in [6.45, 7) is 9.33. The highest BCUT2D eigenvalue weighted by Crippen LogP contribution is 2.20. The monoisotopic (exact) mass is 304 g/mol. The molecule has 0 saturated carbocycles. The number of anilines is 1. The lowest BCUT2D eigenvalue weighted by atomic mass is 10.1. The van der Waals surface area contributed by atoms with Gasteiger partial charge in [-0.1, -0.05) is 18.2 Å². The molecule has 1 amide bonds. The van der Waals surface area contributed by atoms with Crippen LogP contribution in [0, 0.1) is 0 Å². The Labute approximate surface area is 134 Å². The fraction of sp³-hybridized carbons (Fsp3) is 0.611. The first-order chi connectivity index (χ1) is 10.7. The zero-order valence-corrected chi connectivity index (χ0v) is 14.0. The first-order valence-corrected chi connectivity index (χ1v) is 8.39. The fourth-order valence-electron chi connectivity index (χ4n) is 3.14. The minimum absolute atomic E-state index is 0.108. The summed E-state index contributed by atoms with van der Waals surface area (Å²) in [6, 6.07) is 9.80. The number of para-hydroxylation sites is 1. The molecule has 4 heteroatoms. The van der Waals surface area contributed by atoms with Crippen molar-refractivity contribution in [2.45, 2.75) is 45.8 Å². The van der Waals surface area contributed by atoms with Crippen molar-refractivity contribution in [3.8, 4) is 0 Å². The predicted octanol–water partition coefficient (Wildman–Crippen LogP) is 2.93. The van der Waals surface area contributed by atoms with Gasteiger partial charge in [0.2, 0.25) is 5.91 Å². The molecule has 122 valence electrons. The number of nitrogens with zero attached hydrogens (tertiary/aromatic N) is 2. The van der Waals surface area contributed by atoms with E-state index in [9.17, 15) is 4.79 Å². The van der Waals surface area contributed by atoms with Crippen LogP contribution in [-0.4, -0.2) is 49.2 Å². The van der Waals surface area contributed by atoms with Gasteiger partial charge in [0, 0.05) is 25.4 Å². The average Bonchev–Trinajstić information content (AvgIpc) is 2.56. The Hall–Kier alpha value is -1.39. The van der Waals surface area contributed by atoms with Gasteiger partial charge in [-0.3, -0.25) is 9.69 Å². The van der Waals surface area contributed by atoms with Gasteiger partial charge in [0.25, 0.3) is 0 Å². The van der Waals surface area contributed by atoms with Crippen molar-refractivity contribution >= 4 is 11.6 Å². The van der Waals surface area contributed by atoms with Gasteiger partial charge < -0.3 is 9.64 Å². The lowest BCUT2D eigenvalue weighted by Crippen LogP contribution is -2.52. The van der Waals surface area contributed by atoms with E-state index in [1.54, 1.807) is 0 Å². The second-order valence-electron chi connectivity index (χ2n) is 5.81. The maximum Gasteiger partial charge on any atom is 0.244 e. The third kappa shape index (κ3) is 4.08. The highest BCUT2D eigenvalue weighted by atomic mass is 16.5. The summed E-state index contributed by atoms with van der Waals surface area (Å²) in [5.74, 6) is 0.172. The van der Waals surface area contributed by atoms with Crippen LogP contribution < -0.4 is 4.90 Å². The number of likely N-dealkylation sites (N-methyl/N-ethyl adjacent to an activating group) is 1. The predicted molar refractivity (Wildman–Crippen MR) is 90.2 cm³/mol. The fourth-order valence-corrected chi connectivity index (χ4v) is 3.14. The lowest BCUT2D eigenvalue weighted by molar-refractivity contribution is -0.124. The zero-order chi connectivity index (χ0) is 15.9. The van der Waals surface area contributed by atoms with Gasteiger partial charge in [0.05, 0.1) is 12.1 Å². The van der Waals surface area contributed by atoms with E-state index in [-0.39, 0.29) is 18.1 Å². The molecule has 1 fully saturated rings. The maximum absolute atomic E-state index is 12.9. The minimum atomic E-state index is -0.108. The number of hydrogen-bond acceptors (Lipinski definition) is 3. The van der Waals surface area contributed by atoms with Gasteiger partial charge in [-0.15, -0.1) is 0 Å². The molecule has 4 nitrogen and oxygen atoms in total. The average molecular weight is 304 g/mol. The van der Waals surface area contributed by atoms with E-state index in [1.807, 2.05) is 56.0 Å². The smallest absolute Gasteiger partial charge is 0.244 e. The van der Waals surface area contributed by atoms with Gasteiger partial charge in [-0.05, 0) is 52.3 Å². The van der Waals surface area contributed by atoms with Gasteiger partial charge in [-0.2, -0.15) is 0 Å². The molecule has 2 rings (SSSR count). The number of benzene rings is 1. The number of ether oxygens (including phenoxy) is 1. The van der Waals surface area contributed by atoms with Crippen LogP contribution in [-0.2, 0) is 9.53 Å². The molecule has 22 heavy (non-hydrogen) atoms. The van der Waals surface area contributed by atoms with Crippen molar-refractivity contribution in [1.29, 1.82) is 0 Å². The van der Waals surface area contributed by atoms with Crippen molar-refractivity contribution in [2.75, 3.05) is 31.1 Å². The lowest BCUT2D eigenvalue weighted by Gasteiger charge is -2.37. The highest BCUT2D eigenvalue weighted by Gasteiger charge is 2.30. The number of piperidine rings is 1. The van der Waals surface area contributed by atoms with Crippen LogP contribution in [0.15, 0.2) is 30.3 Å². The SMILES string of the molecule is CCOC1CCCN(C(C)C(=O)N(CC)c2ccccc2)C1. The van der Waals surface area contributed by atoms with E-state index in [4.69, 9.17) is 4.74 Å². The molecule has 0 spiro atoms. The van der Waals surface area contributed by atoms with E-state index >= 15 is 0 Å². The summed E-state index contributed by atoms with van der Waals surface area (Å²) >= 11 is 0. The Balaban J connectivity index is 2.04. The Kier molecular flexibility index (Phi) is 6.40. The third-order valence-corrected chi connectivity index (χ3v) is 4.37. The number of carbonyl (C=O) groups is 1. The van der Waals surface area contributed by atoms with Crippen LogP contribution in [0.4, 0.5) is 5.69 Å². The number of likely N-dealkylation sites (tertiary alicyclic amines) is 1. The molecule has 0 bridgehead atoms. The highest BCUT2D eigenvalue weighted by molar-refractivity contribution is 5.96. The number of carbonyl (C=O) groups excluding carboxylic acids is 1. The van der Waals surface area contributed by atoms with Gasteiger partial charge in [-0.25, -0.2) is 0 Å². The number of hydrogen-bond donors (Lipinski definition) is 0. The molecule has 1 aliphatic rings. The molecule has 2 atom stereocenters. The van der Waals surface area contributed by atoms with Crippen molar-refractivity contribution in [2.24, 2.45) is 0 Å². The summed E-state index contributed by atoms with van der Waals surface area (Å²) in [5, 5.41) is 0. The van der Waals surface area contributed by atoms with E-state index < -0.39 is 0 Å². The summed E-state index contributed by atoms with van der Waals surface area (Å²) in [4.78, 5) is 17.0. The van der Waals surface area contributed by atoms with Crippen molar-refractivity contribution in [3.05, 3.63) is 30.3 Å². The molecular weight excluding hydrogens is 276 g/mol. The van der Waals surface area contributed by atoms with Crippen LogP contribution in [0.5, 0.6) is 0 Å². The van der Waals surface area contributed by atoms with E-state index in [1.165, 1.54) is 0 Å². The first-order valence-electron chi connectivity index (χ1n) is 8.39. The zero-order valence-electron chi connectivity index (χ0n) is 14.0. The summed E-state index contributed by atoms with van der Waals surface area (Å²) in [6.07, 6.45) is 2.46.